The van der Waals surface area contributed by atoms with E-state index < -0.39 is 5.82 Å². The fourth-order valence-corrected chi connectivity index (χ4v) is 2.77. The molecular weight excluding hydrogens is 286 g/mol. The lowest BCUT2D eigenvalue weighted by Crippen LogP contribution is -2.44. The van der Waals surface area contributed by atoms with Crippen molar-refractivity contribution in [2.45, 2.75) is 20.0 Å². The van der Waals surface area contributed by atoms with Crippen LogP contribution >= 0.6 is 0 Å². The number of benzene rings is 1. The fraction of sp³-hybridized carbons (Fsp3) is 0.353. The van der Waals surface area contributed by atoms with Gasteiger partial charge in [-0.05, 0) is 11.5 Å². The molecule has 22 heavy (non-hydrogen) atoms. The summed E-state index contributed by atoms with van der Waals surface area (Å²) in [5.74, 6) is 0.119. The van der Waals surface area contributed by atoms with Crippen LogP contribution in [0.1, 0.15) is 24.5 Å². The topological polar surface area (TPSA) is 35.8 Å². The monoisotopic (exact) mass is 304 g/mol. The van der Waals surface area contributed by atoms with Gasteiger partial charge in [0.2, 0.25) is 0 Å². The molecule has 1 saturated heterocycles. The molecule has 0 atom stereocenters. The first kappa shape index (κ1) is 14.9. The summed E-state index contributed by atoms with van der Waals surface area (Å²) < 4.78 is 28.5. The molecule has 2 heterocycles. The molecule has 0 saturated carbocycles. The molecule has 5 heteroatoms. The first-order valence-electron chi connectivity index (χ1n) is 7.36. The Labute approximate surface area is 128 Å². The van der Waals surface area contributed by atoms with Crippen LogP contribution in [0.5, 0.6) is 0 Å². The number of aliphatic imine (C=N–C) groups is 1. The molecule has 116 valence electrons. The van der Waals surface area contributed by atoms with Crippen LogP contribution in [-0.2, 0) is 6.61 Å². The Kier molecular flexibility index (Phi) is 4.07. The van der Waals surface area contributed by atoms with E-state index in [1.807, 2.05) is 4.90 Å². The van der Waals surface area contributed by atoms with Crippen molar-refractivity contribution in [3.63, 3.8) is 0 Å². The number of halogens is 2. The number of allylic oxidation sites excluding steroid dienone is 3. The second kappa shape index (κ2) is 6.01. The zero-order valence-electron chi connectivity index (χ0n) is 12.4. The average Bonchev–Trinajstić information content (AvgIpc) is 2.66. The molecule has 0 radical (unpaired) electrons. The van der Waals surface area contributed by atoms with Crippen LogP contribution in [0.3, 0.4) is 0 Å². The molecule has 0 aromatic heterocycles. The van der Waals surface area contributed by atoms with Gasteiger partial charge in [-0.15, -0.1) is 0 Å². The zero-order chi connectivity index (χ0) is 15.7. The smallest absolute Gasteiger partial charge is 0.160 e. The SMILES string of the molecule is CC1CN(C2=C(F)CC=C(c3cccc(CO)c3F)C=N2)C1. The van der Waals surface area contributed by atoms with Crippen molar-refractivity contribution in [3.05, 3.63) is 52.9 Å². The Balaban J connectivity index is 1.88. The summed E-state index contributed by atoms with van der Waals surface area (Å²) in [7, 11) is 0. The molecule has 0 aliphatic carbocycles. The Morgan fingerprint density at radius 2 is 2.09 bits per heavy atom. The first-order chi connectivity index (χ1) is 10.6. The lowest BCUT2D eigenvalue weighted by Gasteiger charge is -2.38. The summed E-state index contributed by atoms with van der Waals surface area (Å²) in [4.78, 5) is 6.12. The third-order valence-electron chi connectivity index (χ3n) is 3.99. The van der Waals surface area contributed by atoms with E-state index in [0.717, 1.165) is 13.1 Å². The lowest BCUT2D eigenvalue weighted by molar-refractivity contribution is 0.151. The maximum atomic E-state index is 14.3. The van der Waals surface area contributed by atoms with Crippen LogP contribution in [-0.4, -0.2) is 29.3 Å². The Morgan fingerprint density at radius 3 is 2.77 bits per heavy atom. The Bertz CT molecular complexity index is 673. The quantitative estimate of drug-likeness (QED) is 0.930. The summed E-state index contributed by atoms with van der Waals surface area (Å²) in [6.45, 7) is 3.33. The Morgan fingerprint density at radius 1 is 1.32 bits per heavy atom. The normalized spacial score (nSPS) is 19.1. The van der Waals surface area contributed by atoms with Crippen LogP contribution in [0, 0.1) is 11.7 Å². The number of likely N-dealkylation sites (tertiary alicyclic amines) is 1. The molecule has 3 nitrogen and oxygen atoms in total. The van der Waals surface area contributed by atoms with E-state index in [-0.39, 0.29) is 24.4 Å². The number of nitrogens with zero attached hydrogens (tertiary/aromatic N) is 2. The van der Waals surface area contributed by atoms with E-state index in [9.17, 15) is 8.78 Å². The van der Waals surface area contributed by atoms with Crippen molar-refractivity contribution >= 4 is 11.8 Å². The predicted molar refractivity (Wildman–Crippen MR) is 82.3 cm³/mol. The summed E-state index contributed by atoms with van der Waals surface area (Å²) in [6, 6.07) is 4.81. The Hall–Kier alpha value is -2.01. The zero-order valence-corrected chi connectivity index (χ0v) is 12.4. The van der Waals surface area contributed by atoms with E-state index in [1.54, 1.807) is 18.2 Å². The predicted octanol–water partition coefficient (Wildman–Crippen LogP) is 3.27. The molecule has 1 N–H and O–H groups in total. The third-order valence-corrected chi connectivity index (χ3v) is 3.99. The highest BCUT2D eigenvalue weighted by Gasteiger charge is 2.27. The molecular formula is C17H18F2N2O. The van der Waals surface area contributed by atoms with Crippen molar-refractivity contribution in [1.82, 2.24) is 4.90 Å². The summed E-state index contributed by atoms with van der Waals surface area (Å²) >= 11 is 0. The van der Waals surface area contributed by atoms with Gasteiger partial charge in [-0.3, -0.25) is 0 Å². The van der Waals surface area contributed by atoms with Gasteiger partial charge in [-0.2, -0.15) is 0 Å². The molecule has 2 aliphatic rings. The number of rotatable bonds is 3. The van der Waals surface area contributed by atoms with Gasteiger partial charge in [-0.25, -0.2) is 13.8 Å². The van der Waals surface area contributed by atoms with Crippen molar-refractivity contribution in [2.24, 2.45) is 10.9 Å². The standard InChI is InChI=1S/C17H18F2N2O/c1-11-8-21(9-11)17-15(18)6-5-12(7-20-17)14-4-2-3-13(10-22)16(14)19/h2-5,7,11,22H,6,8-10H2,1H3. The van der Waals surface area contributed by atoms with Crippen LogP contribution in [0.2, 0.25) is 0 Å². The van der Waals surface area contributed by atoms with Crippen molar-refractivity contribution < 1.29 is 13.9 Å². The number of hydrogen-bond acceptors (Lipinski definition) is 3. The minimum Gasteiger partial charge on any atom is -0.392 e. The number of aliphatic hydroxyl groups excluding tert-OH is 1. The van der Waals surface area contributed by atoms with E-state index in [1.165, 1.54) is 12.3 Å². The van der Waals surface area contributed by atoms with Crippen LogP contribution < -0.4 is 0 Å². The summed E-state index contributed by atoms with van der Waals surface area (Å²) in [6.07, 6.45) is 3.23. The maximum Gasteiger partial charge on any atom is 0.160 e. The first-order valence-corrected chi connectivity index (χ1v) is 7.36. The average molecular weight is 304 g/mol. The van der Waals surface area contributed by atoms with Gasteiger partial charge >= 0.3 is 0 Å². The largest absolute Gasteiger partial charge is 0.392 e. The van der Waals surface area contributed by atoms with Crippen LogP contribution in [0.15, 0.2) is 40.9 Å². The van der Waals surface area contributed by atoms with E-state index in [2.05, 4.69) is 11.9 Å². The molecule has 0 amide bonds. The van der Waals surface area contributed by atoms with E-state index >= 15 is 0 Å². The molecule has 0 unspecified atom stereocenters. The summed E-state index contributed by atoms with van der Waals surface area (Å²) in [5, 5.41) is 9.15. The molecule has 0 spiro atoms. The second-order valence-corrected chi connectivity index (χ2v) is 5.80. The number of aliphatic hydroxyl groups is 1. The molecule has 1 aromatic rings. The van der Waals surface area contributed by atoms with Crippen molar-refractivity contribution in [3.8, 4) is 0 Å². The molecule has 1 fully saturated rings. The molecule has 3 rings (SSSR count). The van der Waals surface area contributed by atoms with Gasteiger partial charge in [0.15, 0.2) is 5.82 Å². The molecule has 1 aromatic carbocycles. The van der Waals surface area contributed by atoms with Gasteiger partial charge in [0, 0.05) is 36.9 Å². The van der Waals surface area contributed by atoms with E-state index in [0.29, 0.717) is 22.9 Å². The number of hydrogen-bond donors (Lipinski definition) is 1. The highest BCUT2D eigenvalue weighted by Crippen LogP contribution is 2.30. The molecule has 2 aliphatic heterocycles. The van der Waals surface area contributed by atoms with Gasteiger partial charge in [0.1, 0.15) is 11.6 Å². The van der Waals surface area contributed by atoms with Crippen LogP contribution in [0.4, 0.5) is 8.78 Å². The minimum absolute atomic E-state index is 0.0956. The van der Waals surface area contributed by atoms with Gasteiger partial charge in [0.05, 0.1) is 6.61 Å². The van der Waals surface area contributed by atoms with Gasteiger partial charge in [0.25, 0.3) is 0 Å². The molecule has 0 bridgehead atoms. The highest BCUT2D eigenvalue weighted by atomic mass is 19.1. The lowest BCUT2D eigenvalue weighted by atomic mass is 10.0. The van der Waals surface area contributed by atoms with Crippen molar-refractivity contribution in [1.29, 1.82) is 0 Å². The second-order valence-electron chi connectivity index (χ2n) is 5.80. The van der Waals surface area contributed by atoms with Crippen LogP contribution in [0.25, 0.3) is 5.57 Å². The minimum atomic E-state index is -0.482. The highest BCUT2D eigenvalue weighted by molar-refractivity contribution is 6.10. The summed E-state index contributed by atoms with van der Waals surface area (Å²) in [5.41, 5.74) is 1.09. The van der Waals surface area contributed by atoms with E-state index in [4.69, 9.17) is 5.11 Å². The van der Waals surface area contributed by atoms with Gasteiger partial charge in [-0.1, -0.05) is 31.2 Å². The fourth-order valence-electron chi connectivity index (χ4n) is 2.77. The van der Waals surface area contributed by atoms with Crippen molar-refractivity contribution in [2.75, 3.05) is 13.1 Å². The maximum absolute atomic E-state index is 14.3. The van der Waals surface area contributed by atoms with Gasteiger partial charge < -0.3 is 10.0 Å². The third kappa shape index (κ3) is 2.68.